The van der Waals surface area contributed by atoms with E-state index in [2.05, 4.69) is 21.7 Å². The van der Waals surface area contributed by atoms with Crippen molar-refractivity contribution in [2.75, 3.05) is 7.11 Å². The molecule has 124 valence electrons. The molecule has 2 aromatic carbocycles. The second kappa shape index (κ2) is 7.73. The van der Waals surface area contributed by atoms with Gasteiger partial charge < -0.3 is 9.30 Å². The summed E-state index contributed by atoms with van der Waals surface area (Å²) in [7, 11) is 1.67. The van der Waals surface area contributed by atoms with Crippen LogP contribution in [0.1, 0.15) is 12.5 Å². The quantitative estimate of drug-likeness (QED) is 0.586. The van der Waals surface area contributed by atoms with Crippen molar-refractivity contribution in [2.45, 2.75) is 24.4 Å². The van der Waals surface area contributed by atoms with Crippen molar-refractivity contribution < 1.29 is 4.74 Å². The topological polar surface area (TPSA) is 39.9 Å². The molecule has 0 saturated heterocycles. The van der Waals surface area contributed by atoms with Crippen molar-refractivity contribution in [3.8, 4) is 17.1 Å². The van der Waals surface area contributed by atoms with E-state index in [4.69, 9.17) is 16.3 Å². The van der Waals surface area contributed by atoms with Gasteiger partial charge in [0.1, 0.15) is 5.75 Å². The molecule has 0 unspecified atom stereocenters. The van der Waals surface area contributed by atoms with Gasteiger partial charge in [-0.15, -0.1) is 10.2 Å². The molecule has 3 aromatic rings. The van der Waals surface area contributed by atoms with Gasteiger partial charge in [-0.25, -0.2) is 0 Å². The van der Waals surface area contributed by atoms with E-state index in [0.717, 1.165) is 40.2 Å². The van der Waals surface area contributed by atoms with Gasteiger partial charge >= 0.3 is 0 Å². The van der Waals surface area contributed by atoms with Crippen molar-refractivity contribution in [1.82, 2.24) is 14.8 Å². The lowest BCUT2D eigenvalue weighted by Gasteiger charge is -2.10. The van der Waals surface area contributed by atoms with Gasteiger partial charge in [0, 0.05) is 28.4 Å². The van der Waals surface area contributed by atoms with Crippen LogP contribution in [0, 0.1) is 0 Å². The molecule has 4 nitrogen and oxygen atoms in total. The normalized spacial score (nSPS) is 10.8. The number of halogens is 1. The Labute approximate surface area is 150 Å². The first-order valence-corrected chi connectivity index (χ1v) is 9.03. The molecular weight excluding hydrogens is 342 g/mol. The summed E-state index contributed by atoms with van der Waals surface area (Å²) in [5.74, 6) is 2.44. The van der Waals surface area contributed by atoms with Crippen LogP contribution in [0.25, 0.3) is 11.4 Å². The Bertz CT molecular complexity index is 820. The summed E-state index contributed by atoms with van der Waals surface area (Å²) in [5, 5.41) is 10.3. The van der Waals surface area contributed by atoms with Gasteiger partial charge in [-0.3, -0.25) is 0 Å². The third-order valence-corrected chi connectivity index (χ3v) is 4.91. The summed E-state index contributed by atoms with van der Waals surface area (Å²) in [6.45, 7) is 2.91. The van der Waals surface area contributed by atoms with E-state index in [0.29, 0.717) is 5.02 Å². The second-order valence-corrected chi connectivity index (χ2v) is 6.54. The van der Waals surface area contributed by atoms with Crippen molar-refractivity contribution in [1.29, 1.82) is 0 Å². The number of ether oxygens (including phenoxy) is 1. The molecule has 0 N–H and O–H groups in total. The Morgan fingerprint density at radius 1 is 1.12 bits per heavy atom. The van der Waals surface area contributed by atoms with Gasteiger partial charge in [0.05, 0.1) is 7.11 Å². The molecule has 0 aliphatic rings. The zero-order valence-corrected chi connectivity index (χ0v) is 15.1. The molecular formula is C18H18ClN3OS. The highest BCUT2D eigenvalue weighted by Crippen LogP contribution is 2.31. The molecule has 0 atom stereocenters. The fourth-order valence-electron chi connectivity index (χ4n) is 2.48. The number of rotatable bonds is 6. The average Bonchev–Trinajstić information content (AvgIpc) is 3.03. The molecule has 1 heterocycles. The lowest BCUT2D eigenvalue weighted by Crippen LogP contribution is -2.00. The second-order valence-electron chi connectivity index (χ2n) is 5.16. The molecule has 24 heavy (non-hydrogen) atoms. The average molecular weight is 360 g/mol. The SMILES string of the molecule is CCn1c(SCc2cc(Cl)ccc2OC)nnc1-c1ccccc1. The van der Waals surface area contributed by atoms with Crippen molar-refractivity contribution >= 4 is 23.4 Å². The lowest BCUT2D eigenvalue weighted by atomic mass is 10.2. The molecule has 0 fully saturated rings. The van der Waals surface area contributed by atoms with Crippen LogP contribution in [0.15, 0.2) is 53.7 Å². The zero-order valence-electron chi connectivity index (χ0n) is 13.6. The highest BCUT2D eigenvalue weighted by molar-refractivity contribution is 7.98. The van der Waals surface area contributed by atoms with Crippen LogP contribution in [0.4, 0.5) is 0 Å². The fourth-order valence-corrected chi connectivity index (χ4v) is 3.66. The molecule has 0 bridgehead atoms. The van der Waals surface area contributed by atoms with E-state index in [1.165, 1.54) is 0 Å². The summed E-state index contributed by atoms with van der Waals surface area (Å²) in [4.78, 5) is 0. The summed E-state index contributed by atoms with van der Waals surface area (Å²) < 4.78 is 7.53. The van der Waals surface area contributed by atoms with Crippen molar-refractivity contribution in [2.24, 2.45) is 0 Å². The molecule has 0 saturated carbocycles. The molecule has 6 heteroatoms. The van der Waals surface area contributed by atoms with Gasteiger partial charge in [0.25, 0.3) is 0 Å². The lowest BCUT2D eigenvalue weighted by molar-refractivity contribution is 0.411. The number of hydrogen-bond donors (Lipinski definition) is 0. The van der Waals surface area contributed by atoms with Gasteiger partial charge in [0.15, 0.2) is 11.0 Å². The monoisotopic (exact) mass is 359 g/mol. The molecule has 1 aromatic heterocycles. The van der Waals surface area contributed by atoms with Gasteiger partial charge in [-0.1, -0.05) is 53.7 Å². The van der Waals surface area contributed by atoms with Crippen molar-refractivity contribution in [3.63, 3.8) is 0 Å². The number of thioether (sulfide) groups is 1. The summed E-state index contributed by atoms with van der Waals surface area (Å²) in [6.07, 6.45) is 0. The minimum absolute atomic E-state index is 0.702. The van der Waals surface area contributed by atoms with E-state index < -0.39 is 0 Å². The van der Waals surface area contributed by atoms with Crippen LogP contribution in [0.3, 0.4) is 0 Å². The Balaban J connectivity index is 1.84. The molecule has 0 amide bonds. The summed E-state index contributed by atoms with van der Waals surface area (Å²) >= 11 is 7.73. The van der Waals surface area contributed by atoms with Crippen LogP contribution < -0.4 is 4.74 Å². The number of hydrogen-bond acceptors (Lipinski definition) is 4. The largest absolute Gasteiger partial charge is 0.496 e. The maximum atomic E-state index is 6.10. The smallest absolute Gasteiger partial charge is 0.191 e. The fraction of sp³-hybridized carbons (Fsp3) is 0.222. The van der Waals surface area contributed by atoms with Crippen molar-refractivity contribution in [3.05, 3.63) is 59.1 Å². The minimum atomic E-state index is 0.702. The molecule has 0 aliphatic carbocycles. The first-order chi connectivity index (χ1) is 11.7. The first kappa shape index (κ1) is 16.9. The predicted octanol–water partition coefficient (Wildman–Crippen LogP) is 4.92. The zero-order chi connectivity index (χ0) is 16.9. The Morgan fingerprint density at radius 2 is 1.92 bits per heavy atom. The van der Waals surface area contributed by atoms with Crippen LogP contribution in [-0.4, -0.2) is 21.9 Å². The maximum Gasteiger partial charge on any atom is 0.191 e. The summed E-state index contributed by atoms with van der Waals surface area (Å²) in [5.41, 5.74) is 2.11. The highest BCUT2D eigenvalue weighted by Gasteiger charge is 2.14. The van der Waals surface area contributed by atoms with E-state index >= 15 is 0 Å². The predicted molar refractivity (Wildman–Crippen MR) is 98.7 cm³/mol. The number of methoxy groups -OCH3 is 1. The van der Waals surface area contributed by atoms with E-state index in [9.17, 15) is 0 Å². The van der Waals surface area contributed by atoms with Crippen LogP contribution in [0.5, 0.6) is 5.75 Å². The summed E-state index contributed by atoms with van der Waals surface area (Å²) in [6, 6.07) is 15.8. The standard InChI is InChI=1S/C18H18ClN3OS/c1-3-22-17(13-7-5-4-6-8-13)20-21-18(22)24-12-14-11-15(19)9-10-16(14)23-2/h4-11H,3,12H2,1-2H3. The maximum absolute atomic E-state index is 6.10. The van der Waals surface area contributed by atoms with Crippen LogP contribution >= 0.6 is 23.4 Å². The van der Waals surface area contributed by atoms with E-state index in [1.54, 1.807) is 18.9 Å². The van der Waals surface area contributed by atoms with Gasteiger partial charge in [0.2, 0.25) is 0 Å². The third-order valence-electron chi connectivity index (χ3n) is 3.66. The van der Waals surface area contributed by atoms with Crippen LogP contribution in [-0.2, 0) is 12.3 Å². The highest BCUT2D eigenvalue weighted by atomic mass is 35.5. The molecule has 0 spiro atoms. The van der Waals surface area contributed by atoms with E-state index in [1.807, 2.05) is 48.5 Å². The van der Waals surface area contributed by atoms with Gasteiger partial charge in [-0.2, -0.15) is 0 Å². The Kier molecular flexibility index (Phi) is 5.43. The molecule has 0 aliphatic heterocycles. The number of aromatic nitrogens is 3. The number of benzene rings is 2. The van der Waals surface area contributed by atoms with Gasteiger partial charge in [-0.05, 0) is 25.1 Å². The Hall–Kier alpha value is -1.98. The first-order valence-electron chi connectivity index (χ1n) is 7.66. The minimum Gasteiger partial charge on any atom is -0.496 e. The number of nitrogens with zero attached hydrogens (tertiary/aromatic N) is 3. The Morgan fingerprint density at radius 3 is 2.62 bits per heavy atom. The molecule has 0 radical (unpaired) electrons. The van der Waals surface area contributed by atoms with Crippen LogP contribution in [0.2, 0.25) is 5.02 Å². The van der Waals surface area contributed by atoms with E-state index in [-0.39, 0.29) is 0 Å². The molecule has 3 rings (SSSR count). The third kappa shape index (κ3) is 3.57.